The molecule has 1 N–H and O–H groups in total. The predicted molar refractivity (Wildman–Crippen MR) is 25.9 cm³/mol. The molecule has 1 aliphatic heterocycles. The van der Waals surface area contributed by atoms with Gasteiger partial charge in [-0.2, -0.15) is 20.1 Å². The Labute approximate surface area is 114 Å². The van der Waals surface area contributed by atoms with E-state index in [9.17, 15) is 0 Å². The molecule has 12 heavy (non-hydrogen) atoms. The summed E-state index contributed by atoms with van der Waals surface area (Å²) in [7, 11) is -4.69. The van der Waals surface area contributed by atoms with Crippen molar-refractivity contribution in [1.29, 1.82) is 0 Å². The van der Waals surface area contributed by atoms with Crippen LogP contribution in [0.3, 0.4) is 0 Å². The topological polar surface area (TPSA) is 98.6 Å². The molecule has 64 valence electrons. The van der Waals surface area contributed by atoms with Crippen LogP contribution in [0.1, 0.15) is 0 Å². The van der Waals surface area contributed by atoms with Crippen LogP contribution < -0.4 is 65.4 Å². The van der Waals surface area contributed by atoms with Crippen molar-refractivity contribution < 1.29 is 85.0 Å². The summed E-state index contributed by atoms with van der Waals surface area (Å²) in [6.45, 7) is 1.62. The Balaban J connectivity index is 0. The van der Waals surface area contributed by atoms with E-state index in [1.807, 2.05) is 18.2 Å². The third kappa shape index (κ3) is 22.4. The van der Waals surface area contributed by atoms with E-state index in [4.69, 9.17) is 18.6 Å². The monoisotopic (exact) mass is 220 g/mol. The molecule has 0 radical (unpaired) electrons. The molecule has 1 heterocycles. The molecule has 0 saturated carbocycles. The third-order valence-electron chi connectivity index (χ3n) is 0.536. The fourth-order valence-corrected chi connectivity index (χ4v) is 0.291. The molecule has 0 spiro atoms. The van der Waals surface area contributed by atoms with Crippen molar-refractivity contribution in [3.8, 4) is 0 Å². The molecule has 1 aliphatic rings. The van der Waals surface area contributed by atoms with Gasteiger partial charge in [0.25, 0.3) is 0 Å². The molecule has 0 amide bonds. The van der Waals surface area contributed by atoms with Gasteiger partial charge in [-0.1, -0.05) is 6.61 Å². The molecule has 0 unspecified atom stereocenters. The summed E-state index contributed by atoms with van der Waals surface area (Å²) in [5, 5.41) is 0. The minimum absolute atomic E-state index is 0. The Kier molecular flexibility index (Phi) is 10.9. The van der Waals surface area contributed by atoms with Gasteiger partial charge in [0.2, 0.25) is 0 Å². The smallest absolute Gasteiger partial charge is 0.560 e. The minimum atomic E-state index is -4.69. The zero-order valence-electron chi connectivity index (χ0n) is 6.34. The Hall–Kier alpha value is 0.916. The van der Waals surface area contributed by atoms with Crippen LogP contribution in [0.5, 0.6) is 0 Å². The maximum absolute atomic E-state index is 8.60. The number of halogens is 1. The van der Waals surface area contributed by atoms with Crippen LogP contribution in [0.4, 0.5) is 0 Å². The van der Waals surface area contributed by atoms with Crippen molar-refractivity contribution in [3.63, 3.8) is 0 Å². The van der Waals surface area contributed by atoms with Gasteiger partial charge in [-0.15, -0.1) is 6.08 Å². The fraction of sp³-hybridized carbons (Fsp3) is 0. The zero-order valence-corrected chi connectivity index (χ0v) is 10.2. The molecule has 0 aliphatic carbocycles. The van der Waals surface area contributed by atoms with Crippen molar-refractivity contribution in [1.82, 2.24) is 0 Å². The largest absolute Gasteiger partial charge is 1.00 e. The molecule has 5 nitrogen and oxygen atoms in total. The summed E-state index contributed by atoms with van der Waals surface area (Å²) < 4.78 is 37.4. The van der Waals surface area contributed by atoms with Gasteiger partial charge in [0.1, 0.15) is 0 Å². The van der Waals surface area contributed by atoms with Crippen LogP contribution in [-0.4, -0.2) is 4.66 Å². The minimum Gasteiger partial charge on any atom is -0.560 e. The molecule has 1 rings (SSSR count). The number of hydrogen-bond donors (Lipinski definition) is 1. The van der Waals surface area contributed by atoms with Gasteiger partial charge in [0.15, 0.2) is 0 Å². The molecule has 0 saturated heterocycles. The van der Waals surface area contributed by atoms with Gasteiger partial charge in [0.05, 0.1) is 14.9 Å². The molecule has 0 aromatic heterocycles. The van der Waals surface area contributed by atoms with Crippen molar-refractivity contribution >= 4 is 0 Å². The second-order valence-corrected chi connectivity index (χ2v) is 2.17. The first-order valence-electron chi connectivity index (χ1n) is 2.44. The SMILES string of the molecule is C1=C[CH-]OC=C1.[K+].[O-][Cl+3]([O-])([O-])O. The van der Waals surface area contributed by atoms with Crippen LogP contribution in [0.15, 0.2) is 24.5 Å². The average Bonchev–Trinajstić information content (AvgIpc) is 1.88. The molecule has 0 fully saturated rings. The molecule has 7 heteroatoms. The van der Waals surface area contributed by atoms with Gasteiger partial charge in [-0.05, 0) is 0 Å². The second-order valence-electron chi connectivity index (χ2n) is 1.38. The number of hydrogen-bond acceptors (Lipinski definition) is 5. The van der Waals surface area contributed by atoms with E-state index in [1.165, 1.54) is 0 Å². The molecule has 0 bridgehead atoms. The molecular formula is C5H6ClKO5. The van der Waals surface area contributed by atoms with Crippen LogP contribution in [0.25, 0.3) is 0 Å². The Morgan fingerprint density at radius 1 is 1.25 bits per heavy atom. The van der Waals surface area contributed by atoms with Gasteiger partial charge < -0.3 is 4.74 Å². The second kappa shape index (κ2) is 8.51. The van der Waals surface area contributed by atoms with E-state index in [-0.39, 0.29) is 51.4 Å². The number of rotatable bonds is 0. The standard InChI is InChI=1S/C5H5O.ClHO4.K/c1-2-4-6-5-3-1;2-1(3,4)5;/h1-5H;(H,2,3,4,5);/q-1;;+1. The van der Waals surface area contributed by atoms with Gasteiger partial charge in [0, 0.05) is 6.26 Å². The average molecular weight is 221 g/mol. The number of ether oxygens (including phenoxy) is 1. The van der Waals surface area contributed by atoms with E-state index in [2.05, 4.69) is 4.74 Å². The molecule has 0 aromatic rings. The maximum atomic E-state index is 8.60. The Bertz CT molecular complexity index is 134. The zero-order chi connectivity index (χ0) is 8.74. The maximum Gasteiger partial charge on any atom is 1.00 e. The quantitative estimate of drug-likeness (QED) is 0.324. The van der Waals surface area contributed by atoms with Crippen LogP contribution in [0, 0.1) is 16.9 Å². The van der Waals surface area contributed by atoms with Gasteiger partial charge in [-0.25, -0.2) is 6.08 Å². The van der Waals surface area contributed by atoms with E-state index in [1.54, 1.807) is 12.9 Å². The van der Waals surface area contributed by atoms with Crippen LogP contribution >= 0.6 is 0 Å². The van der Waals surface area contributed by atoms with Crippen LogP contribution in [-0.2, 0) is 4.74 Å². The molecule has 0 aromatic carbocycles. The first-order valence-corrected chi connectivity index (χ1v) is 3.70. The molecular weight excluding hydrogens is 215 g/mol. The summed E-state index contributed by atoms with van der Waals surface area (Å²) in [5.74, 6) is 0. The summed E-state index contributed by atoms with van der Waals surface area (Å²) in [6, 6.07) is 0. The van der Waals surface area contributed by atoms with E-state index in [0.29, 0.717) is 0 Å². The molecule has 0 atom stereocenters. The van der Waals surface area contributed by atoms with E-state index in [0.717, 1.165) is 0 Å². The normalized spacial score (nSPS) is 13.0. The first-order chi connectivity index (χ1) is 5.00. The summed E-state index contributed by atoms with van der Waals surface area (Å²) in [4.78, 5) is 0. The number of allylic oxidation sites excluding steroid dienone is 2. The van der Waals surface area contributed by atoms with Crippen LogP contribution in [0.2, 0.25) is 0 Å². The van der Waals surface area contributed by atoms with Gasteiger partial charge >= 0.3 is 51.4 Å². The van der Waals surface area contributed by atoms with Crippen molar-refractivity contribution in [2.45, 2.75) is 0 Å². The summed E-state index contributed by atoms with van der Waals surface area (Å²) >= 11 is 0. The Morgan fingerprint density at radius 3 is 1.83 bits per heavy atom. The van der Waals surface area contributed by atoms with Crippen molar-refractivity contribution in [3.05, 3.63) is 31.1 Å². The third-order valence-corrected chi connectivity index (χ3v) is 0.536. The summed E-state index contributed by atoms with van der Waals surface area (Å²) in [5.41, 5.74) is 0. The Morgan fingerprint density at radius 2 is 1.75 bits per heavy atom. The van der Waals surface area contributed by atoms with E-state index >= 15 is 0 Å². The van der Waals surface area contributed by atoms with Crippen molar-refractivity contribution in [2.75, 3.05) is 0 Å². The van der Waals surface area contributed by atoms with Gasteiger partial charge in [-0.3, -0.25) is 0 Å². The van der Waals surface area contributed by atoms with E-state index < -0.39 is 10.2 Å². The fourth-order valence-electron chi connectivity index (χ4n) is 0.291. The predicted octanol–water partition coefficient (Wildman–Crippen LogP) is -5.87. The summed E-state index contributed by atoms with van der Waals surface area (Å²) in [6.07, 6.45) is 7.20. The first kappa shape index (κ1) is 15.4. The van der Waals surface area contributed by atoms with Crippen molar-refractivity contribution in [2.24, 2.45) is 0 Å².